The summed E-state index contributed by atoms with van der Waals surface area (Å²) in [6, 6.07) is 22.7. The van der Waals surface area contributed by atoms with Crippen molar-refractivity contribution in [3.8, 4) is 0 Å². The number of amides is 1. The van der Waals surface area contributed by atoms with Crippen molar-refractivity contribution in [2.24, 2.45) is 0 Å². The number of rotatable bonds is 6. The summed E-state index contributed by atoms with van der Waals surface area (Å²) < 4.78 is 3.35. The maximum atomic E-state index is 13.4. The van der Waals surface area contributed by atoms with Gasteiger partial charge in [-0.3, -0.25) is 4.79 Å². The fourth-order valence-corrected chi connectivity index (χ4v) is 4.48. The molecule has 3 aromatic rings. The van der Waals surface area contributed by atoms with Crippen LogP contribution < -0.4 is 0 Å². The van der Waals surface area contributed by atoms with Crippen molar-refractivity contribution in [3.63, 3.8) is 0 Å². The fraction of sp³-hybridized carbons (Fsp3) is 0.320. The zero-order valence-electron chi connectivity index (χ0n) is 16.6. The molecule has 1 saturated carbocycles. The number of carbonyl (C=O) groups is 1. The molecule has 0 bridgehead atoms. The van der Waals surface area contributed by atoms with Gasteiger partial charge in [0.25, 0.3) is 5.91 Å². The smallest absolute Gasteiger partial charge is 0.254 e. The van der Waals surface area contributed by atoms with E-state index >= 15 is 0 Å². The highest BCUT2D eigenvalue weighted by molar-refractivity contribution is 9.10. The lowest BCUT2D eigenvalue weighted by Gasteiger charge is -2.35. The van der Waals surface area contributed by atoms with Crippen LogP contribution in [0.15, 0.2) is 77.4 Å². The second-order valence-electron chi connectivity index (χ2n) is 7.84. The first-order chi connectivity index (χ1) is 14.2. The molecule has 29 heavy (non-hydrogen) atoms. The Balaban J connectivity index is 1.57. The molecule has 0 saturated heterocycles. The lowest BCUT2D eigenvalue weighted by Crippen LogP contribution is -2.41. The first-order valence-electron chi connectivity index (χ1n) is 10.5. The van der Waals surface area contributed by atoms with E-state index in [2.05, 4.69) is 68.0 Å². The van der Waals surface area contributed by atoms with Gasteiger partial charge in [-0.05, 0) is 54.8 Å². The summed E-state index contributed by atoms with van der Waals surface area (Å²) in [5.74, 6) is 0.147. The van der Waals surface area contributed by atoms with E-state index in [1.807, 2.05) is 30.3 Å². The van der Waals surface area contributed by atoms with E-state index in [1.54, 1.807) is 0 Å². The molecule has 1 heterocycles. The van der Waals surface area contributed by atoms with Crippen molar-refractivity contribution in [2.75, 3.05) is 0 Å². The minimum Gasteiger partial charge on any atom is -0.345 e. The van der Waals surface area contributed by atoms with Crippen LogP contribution in [0.25, 0.3) is 0 Å². The Morgan fingerprint density at radius 2 is 1.66 bits per heavy atom. The van der Waals surface area contributed by atoms with Gasteiger partial charge in [0, 0.05) is 34.5 Å². The van der Waals surface area contributed by atoms with Gasteiger partial charge in [-0.2, -0.15) is 0 Å². The number of aromatic nitrogens is 1. The highest BCUT2D eigenvalue weighted by Gasteiger charge is 2.27. The van der Waals surface area contributed by atoms with Crippen molar-refractivity contribution in [3.05, 3.63) is 94.2 Å². The Bertz CT molecular complexity index is 927. The first kappa shape index (κ1) is 20.0. The number of hydrogen-bond acceptors (Lipinski definition) is 1. The number of nitrogens with zero attached hydrogens (tertiary/aromatic N) is 2. The minimum absolute atomic E-state index is 0.147. The summed E-state index contributed by atoms with van der Waals surface area (Å²) in [5.41, 5.74) is 3.22. The standard InChI is InChI=1S/C25H27BrN2O/c26-22-15-13-20(14-16-22)18-27-17-7-12-24(27)19-28(23-10-5-2-6-11-23)25(29)21-8-3-1-4-9-21/h1,3-4,7-9,12-17,23H,2,5-6,10-11,18-19H2. The maximum absolute atomic E-state index is 13.4. The van der Waals surface area contributed by atoms with E-state index in [0.29, 0.717) is 12.6 Å². The molecule has 3 nitrogen and oxygen atoms in total. The summed E-state index contributed by atoms with van der Waals surface area (Å²) in [4.78, 5) is 15.5. The molecule has 2 aromatic carbocycles. The number of carbonyl (C=O) groups excluding carboxylic acids is 1. The Morgan fingerprint density at radius 1 is 0.931 bits per heavy atom. The molecular weight excluding hydrogens is 424 g/mol. The molecule has 4 rings (SSSR count). The molecular formula is C25H27BrN2O. The molecule has 0 N–H and O–H groups in total. The van der Waals surface area contributed by atoms with Crippen LogP contribution in [-0.4, -0.2) is 21.4 Å². The molecule has 150 valence electrons. The van der Waals surface area contributed by atoms with Crippen LogP contribution in [0.4, 0.5) is 0 Å². The van der Waals surface area contributed by atoms with Gasteiger partial charge in [0.15, 0.2) is 0 Å². The maximum Gasteiger partial charge on any atom is 0.254 e. The van der Waals surface area contributed by atoms with Gasteiger partial charge in [-0.25, -0.2) is 0 Å². The zero-order valence-corrected chi connectivity index (χ0v) is 18.2. The van der Waals surface area contributed by atoms with Crippen molar-refractivity contribution in [1.82, 2.24) is 9.47 Å². The highest BCUT2D eigenvalue weighted by atomic mass is 79.9. The van der Waals surface area contributed by atoms with Crippen molar-refractivity contribution >= 4 is 21.8 Å². The quantitative estimate of drug-likeness (QED) is 0.433. The normalized spacial score (nSPS) is 14.7. The Hall–Kier alpha value is -2.33. The fourth-order valence-electron chi connectivity index (χ4n) is 4.21. The third-order valence-electron chi connectivity index (χ3n) is 5.82. The average molecular weight is 451 g/mol. The molecule has 1 aliphatic rings. The topological polar surface area (TPSA) is 25.2 Å². The lowest BCUT2D eigenvalue weighted by atomic mass is 9.93. The van der Waals surface area contributed by atoms with Crippen LogP contribution in [0, 0.1) is 0 Å². The Morgan fingerprint density at radius 3 is 2.38 bits per heavy atom. The molecule has 1 amide bonds. The van der Waals surface area contributed by atoms with Crippen LogP contribution in [0.3, 0.4) is 0 Å². The van der Waals surface area contributed by atoms with Crippen molar-refractivity contribution < 1.29 is 4.79 Å². The van der Waals surface area contributed by atoms with E-state index < -0.39 is 0 Å². The monoisotopic (exact) mass is 450 g/mol. The lowest BCUT2D eigenvalue weighted by molar-refractivity contribution is 0.0608. The van der Waals surface area contributed by atoms with E-state index in [4.69, 9.17) is 0 Å². The summed E-state index contributed by atoms with van der Waals surface area (Å²) in [6.45, 7) is 1.47. The predicted molar refractivity (Wildman–Crippen MR) is 121 cm³/mol. The van der Waals surface area contributed by atoms with Crippen LogP contribution in [0.1, 0.15) is 53.7 Å². The van der Waals surface area contributed by atoms with Gasteiger partial charge in [0.05, 0.1) is 6.54 Å². The average Bonchev–Trinajstić information content (AvgIpc) is 3.21. The molecule has 0 atom stereocenters. The van der Waals surface area contributed by atoms with Crippen LogP contribution >= 0.6 is 15.9 Å². The molecule has 0 spiro atoms. The molecule has 0 unspecified atom stereocenters. The van der Waals surface area contributed by atoms with Crippen molar-refractivity contribution in [1.29, 1.82) is 0 Å². The van der Waals surface area contributed by atoms with Gasteiger partial charge < -0.3 is 9.47 Å². The Labute approximate surface area is 181 Å². The van der Waals surface area contributed by atoms with Crippen LogP contribution in [0.2, 0.25) is 0 Å². The Kier molecular flexibility index (Phi) is 6.50. The molecule has 4 heteroatoms. The summed E-state index contributed by atoms with van der Waals surface area (Å²) >= 11 is 3.50. The molecule has 1 aliphatic carbocycles. The van der Waals surface area contributed by atoms with Crippen molar-refractivity contribution in [2.45, 2.75) is 51.2 Å². The van der Waals surface area contributed by atoms with E-state index in [9.17, 15) is 4.79 Å². The number of halogens is 1. The number of benzene rings is 2. The summed E-state index contributed by atoms with van der Waals surface area (Å²) in [7, 11) is 0. The van der Waals surface area contributed by atoms with E-state index in [1.165, 1.54) is 30.5 Å². The zero-order chi connectivity index (χ0) is 20.1. The minimum atomic E-state index is 0.147. The van der Waals surface area contributed by atoms with Gasteiger partial charge in [0.2, 0.25) is 0 Å². The summed E-state index contributed by atoms with van der Waals surface area (Å²) in [6.07, 6.45) is 8.03. The van der Waals surface area contributed by atoms with E-state index in [0.717, 1.165) is 29.4 Å². The molecule has 0 radical (unpaired) electrons. The van der Waals surface area contributed by atoms with Gasteiger partial charge >= 0.3 is 0 Å². The molecule has 1 fully saturated rings. The second-order valence-corrected chi connectivity index (χ2v) is 8.76. The second kappa shape index (κ2) is 9.45. The SMILES string of the molecule is O=C(c1ccccc1)N(Cc1cccn1Cc1ccc(Br)cc1)C1CCCCC1. The van der Waals surface area contributed by atoms with Gasteiger partial charge in [-0.15, -0.1) is 0 Å². The number of hydrogen-bond donors (Lipinski definition) is 0. The predicted octanol–water partition coefficient (Wildman–Crippen LogP) is 6.27. The first-order valence-corrected chi connectivity index (χ1v) is 11.2. The third-order valence-corrected chi connectivity index (χ3v) is 6.35. The van der Waals surface area contributed by atoms with Gasteiger partial charge in [-0.1, -0.05) is 65.5 Å². The largest absolute Gasteiger partial charge is 0.345 e. The molecule has 0 aliphatic heterocycles. The van der Waals surface area contributed by atoms with Gasteiger partial charge in [0.1, 0.15) is 0 Å². The third kappa shape index (κ3) is 4.99. The summed E-state index contributed by atoms with van der Waals surface area (Å²) in [5, 5.41) is 0. The van der Waals surface area contributed by atoms with Crippen LogP contribution in [0.5, 0.6) is 0 Å². The van der Waals surface area contributed by atoms with Crippen LogP contribution in [-0.2, 0) is 13.1 Å². The van der Waals surface area contributed by atoms with E-state index in [-0.39, 0.29) is 5.91 Å². The molecule has 1 aromatic heterocycles. The highest BCUT2D eigenvalue weighted by Crippen LogP contribution is 2.26.